The van der Waals surface area contributed by atoms with Gasteiger partial charge in [-0.1, -0.05) is 6.07 Å². The Morgan fingerprint density at radius 2 is 1.85 bits per heavy atom. The molecule has 0 saturated carbocycles. The highest BCUT2D eigenvalue weighted by molar-refractivity contribution is 7.89. The van der Waals surface area contributed by atoms with Crippen molar-refractivity contribution >= 4 is 21.6 Å². The number of rotatable bonds is 4. The van der Waals surface area contributed by atoms with Crippen LogP contribution in [0.1, 0.15) is 16.3 Å². The molecule has 10 heteroatoms. The first-order chi connectivity index (χ1) is 12.3. The topological polar surface area (TPSA) is 114 Å². The van der Waals surface area contributed by atoms with Crippen molar-refractivity contribution in [2.45, 2.75) is 11.8 Å². The molecule has 0 bridgehead atoms. The molecule has 3 rings (SSSR count). The van der Waals surface area contributed by atoms with E-state index in [-0.39, 0.29) is 48.4 Å². The van der Waals surface area contributed by atoms with Crippen LogP contribution >= 0.6 is 0 Å². The maximum Gasteiger partial charge on any atom is 0.289 e. The molecule has 1 aliphatic rings. The largest absolute Gasteiger partial charge is 0.456 e. The minimum absolute atomic E-state index is 0.108. The molecule has 2 aromatic rings. The van der Waals surface area contributed by atoms with E-state index in [2.05, 4.69) is 0 Å². The maximum absolute atomic E-state index is 12.7. The number of nitro groups is 1. The van der Waals surface area contributed by atoms with Crippen molar-refractivity contribution in [2.75, 3.05) is 26.2 Å². The van der Waals surface area contributed by atoms with E-state index in [4.69, 9.17) is 4.42 Å². The smallest absolute Gasteiger partial charge is 0.289 e. The van der Waals surface area contributed by atoms with Gasteiger partial charge >= 0.3 is 0 Å². The Morgan fingerprint density at radius 1 is 1.15 bits per heavy atom. The van der Waals surface area contributed by atoms with Gasteiger partial charge in [-0.25, -0.2) is 8.42 Å². The molecule has 0 radical (unpaired) electrons. The SMILES string of the molecule is Cc1ccc(C(=O)N2CCN(S(=O)(=O)c3cccc([N+](=O)[O-])c3)CC2)o1. The summed E-state index contributed by atoms with van der Waals surface area (Å²) in [4.78, 5) is 24.0. The molecule has 1 aromatic heterocycles. The van der Waals surface area contributed by atoms with E-state index >= 15 is 0 Å². The summed E-state index contributed by atoms with van der Waals surface area (Å²) >= 11 is 0. The minimum Gasteiger partial charge on any atom is -0.456 e. The van der Waals surface area contributed by atoms with Crippen molar-refractivity contribution in [3.63, 3.8) is 0 Å². The van der Waals surface area contributed by atoms with Crippen molar-refractivity contribution in [3.05, 3.63) is 58.0 Å². The predicted octanol–water partition coefficient (Wildman–Crippen LogP) is 1.64. The summed E-state index contributed by atoms with van der Waals surface area (Å²) < 4.78 is 31.9. The lowest BCUT2D eigenvalue weighted by Gasteiger charge is -2.33. The van der Waals surface area contributed by atoms with E-state index < -0.39 is 14.9 Å². The molecule has 1 aliphatic heterocycles. The zero-order chi connectivity index (χ0) is 18.9. The number of piperazine rings is 1. The first-order valence-corrected chi connectivity index (χ1v) is 9.33. The first-order valence-electron chi connectivity index (χ1n) is 7.89. The molecule has 9 nitrogen and oxygen atoms in total. The van der Waals surface area contributed by atoms with Crippen molar-refractivity contribution in [1.29, 1.82) is 0 Å². The van der Waals surface area contributed by atoms with E-state index in [1.807, 2.05) is 0 Å². The second-order valence-electron chi connectivity index (χ2n) is 5.86. The Labute approximate surface area is 150 Å². The lowest BCUT2D eigenvalue weighted by molar-refractivity contribution is -0.385. The van der Waals surface area contributed by atoms with Crippen LogP contribution in [-0.4, -0.2) is 54.6 Å². The van der Waals surface area contributed by atoms with Crippen LogP contribution < -0.4 is 0 Å². The molecule has 0 unspecified atom stereocenters. The number of benzene rings is 1. The first kappa shape index (κ1) is 18.1. The third-order valence-electron chi connectivity index (χ3n) is 4.14. The summed E-state index contributed by atoms with van der Waals surface area (Å²) in [6, 6.07) is 8.22. The van der Waals surface area contributed by atoms with E-state index in [0.717, 1.165) is 6.07 Å². The number of carbonyl (C=O) groups is 1. The zero-order valence-corrected chi connectivity index (χ0v) is 14.8. The van der Waals surface area contributed by atoms with E-state index in [9.17, 15) is 23.3 Å². The highest BCUT2D eigenvalue weighted by Gasteiger charge is 2.31. The molecule has 0 spiro atoms. The average molecular weight is 379 g/mol. The highest BCUT2D eigenvalue weighted by atomic mass is 32.2. The Hall–Kier alpha value is -2.72. The summed E-state index contributed by atoms with van der Waals surface area (Å²) in [6.45, 7) is 2.38. The van der Waals surface area contributed by atoms with Crippen LogP contribution in [0.15, 0.2) is 45.7 Å². The second kappa shape index (κ2) is 6.89. The van der Waals surface area contributed by atoms with Crippen LogP contribution in [-0.2, 0) is 10.0 Å². The predicted molar refractivity (Wildman–Crippen MR) is 91.2 cm³/mol. The van der Waals surface area contributed by atoms with Crippen molar-refractivity contribution in [1.82, 2.24) is 9.21 Å². The van der Waals surface area contributed by atoms with Gasteiger partial charge in [0.15, 0.2) is 5.76 Å². The summed E-state index contributed by atoms with van der Waals surface area (Å²) in [7, 11) is -3.86. The third-order valence-corrected chi connectivity index (χ3v) is 6.04. The fourth-order valence-corrected chi connectivity index (χ4v) is 4.21. The third kappa shape index (κ3) is 3.46. The van der Waals surface area contributed by atoms with Crippen LogP contribution in [0.25, 0.3) is 0 Å². The summed E-state index contributed by atoms with van der Waals surface area (Å²) in [5.41, 5.74) is -0.284. The van der Waals surface area contributed by atoms with Gasteiger partial charge in [0.2, 0.25) is 10.0 Å². The molecule has 0 N–H and O–H groups in total. The van der Waals surface area contributed by atoms with Crippen LogP contribution in [0.4, 0.5) is 5.69 Å². The molecule has 138 valence electrons. The van der Waals surface area contributed by atoms with Gasteiger partial charge < -0.3 is 9.32 Å². The maximum atomic E-state index is 12.7. The Morgan fingerprint density at radius 3 is 2.42 bits per heavy atom. The molecular weight excluding hydrogens is 362 g/mol. The summed E-state index contributed by atoms with van der Waals surface area (Å²) in [5, 5.41) is 10.9. The van der Waals surface area contributed by atoms with Crippen molar-refractivity contribution in [3.8, 4) is 0 Å². The highest BCUT2D eigenvalue weighted by Crippen LogP contribution is 2.22. The number of hydrogen-bond donors (Lipinski definition) is 0. The number of nitro benzene ring substituents is 1. The Balaban J connectivity index is 1.72. The minimum atomic E-state index is -3.86. The molecule has 1 saturated heterocycles. The number of hydrogen-bond acceptors (Lipinski definition) is 6. The monoisotopic (exact) mass is 379 g/mol. The van der Waals surface area contributed by atoms with Crippen LogP contribution in [0.2, 0.25) is 0 Å². The molecule has 26 heavy (non-hydrogen) atoms. The molecule has 0 aliphatic carbocycles. The number of non-ortho nitro benzene ring substituents is 1. The number of carbonyl (C=O) groups excluding carboxylic acids is 1. The van der Waals surface area contributed by atoms with Crippen molar-refractivity contribution < 1.29 is 22.6 Å². The van der Waals surface area contributed by atoms with Gasteiger partial charge in [0.25, 0.3) is 11.6 Å². The number of aryl methyl sites for hydroxylation is 1. The quantitative estimate of drug-likeness (QED) is 0.589. The van der Waals surface area contributed by atoms with E-state index in [1.165, 1.54) is 27.4 Å². The van der Waals surface area contributed by atoms with Crippen molar-refractivity contribution in [2.24, 2.45) is 0 Å². The lowest BCUT2D eigenvalue weighted by atomic mass is 10.3. The van der Waals surface area contributed by atoms with Gasteiger partial charge in [0, 0.05) is 38.3 Å². The molecular formula is C16H17N3O6S. The number of sulfonamides is 1. The standard InChI is InChI=1S/C16H17N3O6S/c1-12-5-6-15(25-12)16(20)17-7-9-18(10-8-17)26(23,24)14-4-2-3-13(11-14)19(21)22/h2-6,11H,7-10H2,1H3. The van der Waals surface area contributed by atoms with Gasteiger partial charge in [0.05, 0.1) is 9.82 Å². The molecule has 1 aromatic carbocycles. The Bertz CT molecular complexity index is 944. The number of nitrogens with zero attached hydrogens (tertiary/aromatic N) is 3. The van der Waals surface area contributed by atoms with Gasteiger partial charge in [-0.05, 0) is 25.1 Å². The fraction of sp³-hybridized carbons (Fsp3) is 0.312. The summed E-state index contributed by atoms with van der Waals surface area (Å²) in [6.07, 6.45) is 0. The Kier molecular flexibility index (Phi) is 4.79. The van der Waals surface area contributed by atoms with Gasteiger partial charge in [0.1, 0.15) is 5.76 Å². The van der Waals surface area contributed by atoms with E-state index in [1.54, 1.807) is 19.1 Å². The van der Waals surface area contributed by atoms with Crippen LogP contribution in [0.3, 0.4) is 0 Å². The molecule has 2 heterocycles. The second-order valence-corrected chi connectivity index (χ2v) is 7.80. The number of furan rings is 1. The fourth-order valence-electron chi connectivity index (χ4n) is 2.74. The normalized spacial score (nSPS) is 15.8. The average Bonchev–Trinajstić information content (AvgIpc) is 3.07. The van der Waals surface area contributed by atoms with Crippen LogP contribution in [0, 0.1) is 17.0 Å². The van der Waals surface area contributed by atoms with E-state index in [0.29, 0.717) is 5.76 Å². The lowest BCUT2D eigenvalue weighted by Crippen LogP contribution is -2.50. The molecule has 1 fully saturated rings. The number of amides is 1. The zero-order valence-electron chi connectivity index (χ0n) is 14.0. The van der Waals surface area contributed by atoms with Gasteiger partial charge in [-0.15, -0.1) is 0 Å². The summed E-state index contributed by atoms with van der Waals surface area (Å²) in [5.74, 6) is 0.559. The molecule has 0 atom stereocenters. The van der Waals surface area contributed by atoms with Crippen LogP contribution in [0.5, 0.6) is 0 Å². The molecule has 1 amide bonds. The van der Waals surface area contributed by atoms with Gasteiger partial charge in [-0.3, -0.25) is 14.9 Å². The van der Waals surface area contributed by atoms with Gasteiger partial charge in [-0.2, -0.15) is 4.31 Å².